The summed E-state index contributed by atoms with van der Waals surface area (Å²) in [5.41, 5.74) is 45.9. The molecule has 0 aliphatic rings. The van der Waals surface area contributed by atoms with Crippen molar-refractivity contribution in [3.63, 3.8) is 0 Å². The fourth-order valence-corrected chi connectivity index (χ4v) is 12.6. The van der Waals surface area contributed by atoms with Crippen LogP contribution in [0, 0.1) is 16.7 Å². The predicted octanol–water partition coefficient (Wildman–Crippen LogP) is -11.3. The third kappa shape index (κ3) is 48.4. The van der Waals surface area contributed by atoms with Crippen molar-refractivity contribution >= 4 is 124 Å². The number of primary amides is 3. The first-order valence-corrected chi connectivity index (χ1v) is 43.5. The highest BCUT2D eigenvalue weighted by molar-refractivity contribution is 6.01. The highest BCUT2D eigenvalue weighted by Crippen LogP contribution is 2.14. The van der Waals surface area contributed by atoms with Crippen molar-refractivity contribution < 1.29 is 101 Å². The van der Waals surface area contributed by atoms with Crippen molar-refractivity contribution in [3.8, 4) is 0 Å². The van der Waals surface area contributed by atoms with Gasteiger partial charge in [0.25, 0.3) is 0 Å². The van der Waals surface area contributed by atoms with Gasteiger partial charge >= 0.3 is 0 Å². The monoisotopic (exact) mass is 1860 g/mol. The fourth-order valence-electron chi connectivity index (χ4n) is 12.6. The number of nitrogens with one attached hydrogen (secondary N) is 21. The second-order valence-electron chi connectivity index (χ2n) is 31.7. The zero-order valence-corrected chi connectivity index (χ0v) is 75.2. The van der Waals surface area contributed by atoms with Crippen LogP contribution >= 0.6 is 0 Å². The van der Waals surface area contributed by atoms with E-state index in [-0.39, 0.29) is 135 Å². The second kappa shape index (κ2) is 63.6. The molecular formula is C82H137N29O21. The molecule has 0 fully saturated rings. The van der Waals surface area contributed by atoms with Crippen molar-refractivity contribution in [3.05, 3.63) is 71.8 Å². The first-order chi connectivity index (χ1) is 62.5. The van der Waals surface area contributed by atoms with E-state index >= 15 is 0 Å². The summed E-state index contributed by atoms with van der Waals surface area (Å²) in [5.74, 6) is -19.5. The summed E-state index contributed by atoms with van der Waals surface area (Å²) < 4.78 is 0. The Morgan fingerprint density at radius 2 is 0.705 bits per heavy atom. The lowest BCUT2D eigenvalue weighted by atomic mass is 10.00. The number of amides is 19. The molecule has 0 bridgehead atoms. The van der Waals surface area contributed by atoms with Gasteiger partial charge in [0.05, 0.1) is 45.3 Å². The molecule has 2 aromatic carbocycles. The Morgan fingerprint density at radius 1 is 0.341 bits per heavy atom. The summed E-state index contributed by atoms with van der Waals surface area (Å²) in [6, 6.07) is -2.67. The molecule has 0 heterocycles. The summed E-state index contributed by atoms with van der Waals surface area (Å²) >= 11 is 0. The SMILES string of the molecule is CC(C)C[C@H](NC(=O)[C@H](CCCCN)NC(=O)[C@H](CCCNC(=N)N)NC(=O)[C@H](C)NC(=O)[C@H](CO)NC(=O)[C@H](CCCCN)NC(=O)[C@H](CCCNC(=N)N)NC(=O)[C@H](C)NC(=O)CNC(=O)[C@@H](NC(=O)[C@H](Cc1ccccc1)NC(=O)CNC(=O)CNC(=O)CNCc1ccccc1)[C@@H](C)O)C(=O)N[C@@H](CCCCN)C(=O)N[C@@H](CC(N)=O)C(=O)N[C@@H](CCC(N)=O)C(N)=O. The van der Waals surface area contributed by atoms with Crippen LogP contribution in [-0.4, -0.2) is 285 Å². The molecule has 0 saturated carbocycles. The number of benzene rings is 2. The van der Waals surface area contributed by atoms with Gasteiger partial charge in [0.2, 0.25) is 112 Å². The summed E-state index contributed by atoms with van der Waals surface area (Å²) in [7, 11) is 0. The van der Waals surface area contributed by atoms with Crippen LogP contribution in [0.5, 0.6) is 0 Å². The molecule has 50 nitrogen and oxygen atoms in total. The Labute approximate surface area is 764 Å². The number of hydrogen-bond acceptors (Lipinski definition) is 27. The molecule has 14 atom stereocenters. The fraction of sp³-hybridized carbons (Fsp3) is 0.598. The van der Waals surface area contributed by atoms with Gasteiger partial charge < -0.3 is 157 Å². The number of carbonyl (C=O) groups excluding carboxylic acids is 19. The maximum Gasteiger partial charge on any atom is 0.245 e. The topological polar surface area (TPSA) is 849 Å². The van der Waals surface area contributed by atoms with Gasteiger partial charge in [-0.3, -0.25) is 102 Å². The molecule has 0 unspecified atom stereocenters. The zero-order valence-electron chi connectivity index (χ0n) is 75.2. The Bertz CT molecular complexity index is 4140. The number of hydrogen-bond donors (Lipinski definition) is 31. The molecule has 19 amide bonds. The minimum Gasteiger partial charge on any atom is -0.394 e. The first-order valence-electron chi connectivity index (χ1n) is 43.5. The van der Waals surface area contributed by atoms with E-state index in [1.54, 1.807) is 44.2 Å². The highest BCUT2D eigenvalue weighted by Gasteiger charge is 2.38. The lowest BCUT2D eigenvalue weighted by molar-refractivity contribution is -0.136. The van der Waals surface area contributed by atoms with E-state index in [0.717, 1.165) is 12.5 Å². The normalized spacial score (nSPS) is 14.1. The van der Waals surface area contributed by atoms with Crippen LogP contribution in [0.4, 0.5) is 0 Å². The summed E-state index contributed by atoms with van der Waals surface area (Å²) in [6.45, 7) is 4.58. The molecule has 2 aromatic rings. The number of nitrogens with two attached hydrogens (primary N) is 8. The molecule has 39 N–H and O–H groups in total. The Kier molecular flexibility index (Phi) is 55.3. The molecule has 0 aliphatic heterocycles. The van der Waals surface area contributed by atoms with Gasteiger partial charge in [0, 0.05) is 32.5 Å². The Hall–Kier alpha value is -13.3. The van der Waals surface area contributed by atoms with Crippen LogP contribution in [0.2, 0.25) is 0 Å². The minimum atomic E-state index is -1.85. The molecule has 132 heavy (non-hydrogen) atoms. The van der Waals surface area contributed by atoms with Crippen molar-refractivity contribution in [2.75, 3.05) is 65.5 Å². The van der Waals surface area contributed by atoms with Gasteiger partial charge in [-0.15, -0.1) is 0 Å². The second-order valence-corrected chi connectivity index (χ2v) is 31.7. The van der Waals surface area contributed by atoms with Crippen LogP contribution in [-0.2, 0) is 104 Å². The van der Waals surface area contributed by atoms with Gasteiger partial charge in [-0.25, -0.2) is 0 Å². The van der Waals surface area contributed by atoms with Crippen LogP contribution in [0.3, 0.4) is 0 Å². The number of guanidine groups is 2. The van der Waals surface area contributed by atoms with Gasteiger partial charge in [0.1, 0.15) is 78.5 Å². The number of unbranched alkanes of at least 4 members (excludes halogenated alkanes) is 3. The molecule has 0 saturated heterocycles. The maximum absolute atomic E-state index is 14.5. The van der Waals surface area contributed by atoms with Gasteiger partial charge in [-0.05, 0) is 154 Å². The number of aliphatic hydroxyl groups excluding tert-OH is 2. The third-order valence-corrected chi connectivity index (χ3v) is 19.8. The molecule has 736 valence electrons. The molecule has 0 aliphatic carbocycles. The quantitative estimate of drug-likeness (QED) is 0.0166. The highest BCUT2D eigenvalue weighted by atomic mass is 16.3. The van der Waals surface area contributed by atoms with Crippen molar-refractivity contribution in [2.45, 2.75) is 241 Å². The lowest BCUT2D eigenvalue weighted by Gasteiger charge is -2.28. The lowest BCUT2D eigenvalue weighted by Crippen LogP contribution is -2.61. The maximum atomic E-state index is 14.5. The third-order valence-electron chi connectivity index (χ3n) is 19.8. The van der Waals surface area contributed by atoms with E-state index < -0.39 is 241 Å². The molecular weight excluding hydrogens is 1730 g/mol. The summed E-state index contributed by atoms with van der Waals surface area (Å²) in [4.78, 5) is 257. The van der Waals surface area contributed by atoms with Crippen molar-refractivity contribution in [2.24, 2.45) is 51.8 Å². The smallest absolute Gasteiger partial charge is 0.245 e. The molecule has 0 aromatic heterocycles. The van der Waals surface area contributed by atoms with Gasteiger partial charge in [-0.2, -0.15) is 0 Å². The van der Waals surface area contributed by atoms with E-state index in [9.17, 15) is 101 Å². The molecule has 0 spiro atoms. The molecule has 50 heteroatoms. The van der Waals surface area contributed by atoms with Crippen molar-refractivity contribution in [1.82, 2.24) is 101 Å². The van der Waals surface area contributed by atoms with E-state index in [4.69, 9.17) is 56.7 Å². The van der Waals surface area contributed by atoms with Crippen LogP contribution in [0.1, 0.15) is 155 Å². The van der Waals surface area contributed by atoms with E-state index in [1.165, 1.54) is 13.8 Å². The Balaban J connectivity index is 2.34. The molecule has 0 radical (unpaired) electrons. The summed E-state index contributed by atoms with van der Waals surface area (Å²) in [6.07, 6.45) is -2.47. The average molecular weight is 1870 g/mol. The van der Waals surface area contributed by atoms with Gasteiger partial charge in [0.15, 0.2) is 11.9 Å². The van der Waals surface area contributed by atoms with Crippen molar-refractivity contribution in [1.29, 1.82) is 10.8 Å². The first kappa shape index (κ1) is 115. The number of rotatable bonds is 67. The predicted molar refractivity (Wildman–Crippen MR) is 480 cm³/mol. The van der Waals surface area contributed by atoms with E-state index in [2.05, 4.69) is 101 Å². The average Bonchev–Trinajstić information content (AvgIpc) is 0.856. The van der Waals surface area contributed by atoms with E-state index in [1.807, 2.05) is 30.3 Å². The largest absolute Gasteiger partial charge is 0.394 e. The van der Waals surface area contributed by atoms with E-state index in [0.29, 0.717) is 31.4 Å². The molecule has 2 rings (SSSR count). The van der Waals surface area contributed by atoms with Crippen LogP contribution < -0.4 is 147 Å². The number of aliphatic hydroxyl groups is 2. The number of carbonyl (C=O) groups is 19. The Morgan fingerprint density at radius 3 is 1.13 bits per heavy atom. The van der Waals surface area contributed by atoms with Crippen LogP contribution in [0.25, 0.3) is 0 Å². The standard InChI is InChI=1S/C82H137N29O21/c1-45(2)36-57(76(128)107-53(25-13-16-32-84)74(126)109-59(38-62(87)115)77(129)102-51(68(88)120)29-30-61(86)114)108-73(125)52(24-12-15-31-83)105-72(124)56(28-19-35-95-82(91)92)104-70(122)47(4)100-79(131)60(44-112)110-75(127)54(26-14-17-33-85)106-71(123)55(27-18-34-94-81(89)90)103-69(121)46(3)99-65(118)43-98-80(132)67(48(5)113)111-78(130)58(37-49-20-8-6-9-21-49)101-66(119)42-97-64(117)41-96-63(116)40-93-39-50-22-10-7-11-23-50/h6-11,20-23,45-48,51-60,67,93,112-113H,12-19,24-44,83-85H2,1-5H3,(H2,86,114)(H2,87,115)(H2,88,120)(H,96,116)(H,97,117)(H,98,132)(H,99,118)(H,100,131)(H,101,119)(H,102,129)(H,103,121)(H,104,122)(H,105,124)(H,106,123)(H,107,128)(H,108,125)(H,109,126)(H,110,127)(H,111,130)(H4,89,90,94)(H4,91,92,95)/t46-,47-,48+,51-,52-,53-,54-,55-,56-,57-,58-,59-,60-,67-/m0/s1. The van der Waals surface area contributed by atoms with Gasteiger partial charge in [-0.1, -0.05) is 74.5 Å². The summed E-state index contributed by atoms with van der Waals surface area (Å²) in [5, 5.41) is 83.7. The van der Waals surface area contributed by atoms with Crippen LogP contribution in [0.15, 0.2) is 60.7 Å². The minimum absolute atomic E-state index is 0.0117. The zero-order chi connectivity index (χ0) is 99.0.